The molecule has 0 radical (unpaired) electrons. The van der Waals surface area contributed by atoms with Gasteiger partial charge in [-0.15, -0.1) is 0 Å². The summed E-state index contributed by atoms with van der Waals surface area (Å²) in [6.07, 6.45) is 3.40. The van der Waals surface area contributed by atoms with Crippen molar-refractivity contribution in [2.24, 2.45) is 0 Å². The van der Waals surface area contributed by atoms with E-state index in [0.29, 0.717) is 6.54 Å². The molecule has 0 aliphatic carbocycles. The second-order valence-electron chi connectivity index (χ2n) is 3.79. The van der Waals surface area contributed by atoms with Gasteiger partial charge in [0.15, 0.2) is 0 Å². The second-order valence-corrected chi connectivity index (χ2v) is 5.92. The van der Waals surface area contributed by atoms with Gasteiger partial charge in [0.2, 0.25) is 10.0 Å². The Kier molecular flexibility index (Phi) is 4.45. The molecular formula is C9H17N3O3S. The summed E-state index contributed by atoms with van der Waals surface area (Å²) >= 11 is 0. The molecule has 2 atom stereocenters. The van der Waals surface area contributed by atoms with E-state index in [-0.39, 0.29) is 12.6 Å². The summed E-state index contributed by atoms with van der Waals surface area (Å²) in [5.74, 6) is 0. The van der Waals surface area contributed by atoms with Gasteiger partial charge in [-0.1, -0.05) is 0 Å². The lowest BCUT2D eigenvalue weighted by Gasteiger charge is -2.17. The maximum atomic E-state index is 11.6. The van der Waals surface area contributed by atoms with Crippen LogP contribution in [0.5, 0.6) is 0 Å². The van der Waals surface area contributed by atoms with Crippen molar-refractivity contribution in [1.29, 1.82) is 0 Å². The van der Waals surface area contributed by atoms with Gasteiger partial charge < -0.3 is 5.11 Å². The van der Waals surface area contributed by atoms with Crippen molar-refractivity contribution in [2.75, 3.05) is 6.61 Å². The molecule has 1 aromatic rings. The molecular weight excluding hydrogens is 230 g/mol. The zero-order valence-electron chi connectivity index (χ0n) is 9.37. The Morgan fingerprint density at radius 2 is 2.19 bits per heavy atom. The monoisotopic (exact) mass is 247 g/mol. The fourth-order valence-electron chi connectivity index (χ4n) is 1.22. The number of aliphatic hydroxyl groups excluding tert-OH is 1. The molecule has 0 fully saturated rings. The van der Waals surface area contributed by atoms with E-state index < -0.39 is 15.3 Å². The molecule has 6 nitrogen and oxygen atoms in total. The molecule has 0 aromatic carbocycles. The predicted octanol–water partition coefficient (Wildman–Crippen LogP) is -0.428. The molecule has 0 bridgehead atoms. The number of hydrogen-bond donors (Lipinski definition) is 2. The maximum Gasteiger partial charge on any atom is 0.216 e. The molecule has 0 saturated heterocycles. The van der Waals surface area contributed by atoms with Crippen LogP contribution < -0.4 is 4.72 Å². The van der Waals surface area contributed by atoms with Crippen LogP contribution in [0.4, 0.5) is 0 Å². The molecule has 0 aliphatic heterocycles. The van der Waals surface area contributed by atoms with Crippen LogP contribution in [-0.4, -0.2) is 41.2 Å². The molecule has 1 heterocycles. The zero-order chi connectivity index (χ0) is 12.2. The standard InChI is InChI=1S/C9H17N3O3S/c1-8(6-12-5-3-4-10-12)11-16(14,15)9(2)7-13/h3-5,8-9,11,13H,6-7H2,1-2H3. The summed E-state index contributed by atoms with van der Waals surface area (Å²) in [7, 11) is -3.45. The van der Waals surface area contributed by atoms with E-state index in [2.05, 4.69) is 9.82 Å². The van der Waals surface area contributed by atoms with Crippen LogP contribution in [0, 0.1) is 0 Å². The second kappa shape index (κ2) is 5.42. The maximum absolute atomic E-state index is 11.6. The lowest BCUT2D eigenvalue weighted by molar-refractivity contribution is 0.294. The van der Waals surface area contributed by atoms with Crippen LogP contribution in [0.15, 0.2) is 18.5 Å². The Morgan fingerprint density at radius 3 is 2.69 bits per heavy atom. The number of sulfonamides is 1. The average molecular weight is 247 g/mol. The number of nitrogens with one attached hydrogen (secondary N) is 1. The van der Waals surface area contributed by atoms with Crippen LogP contribution in [-0.2, 0) is 16.6 Å². The number of aliphatic hydroxyl groups is 1. The van der Waals surface area contributed by atoms with Crippen molar-refractivity contribution >= 4 is 10.0 Å². The summed E-state index contributed by atoms with van der Waals surface area (Å²) in [4.78, 5) is 0. The molecule has 92 valence electrons. The highest BCUT2D eigenvalue weighted by Gasteiger charge is 2.21. The van der Waals surface area contributed by atoms with Gasteiger partial charge in [0.05, 0.1) is 18.4 Å². The molecule has 0 aliphatic rings. The highest BCUT2D eigenvalue weighted by molar-refractivity contribution is 7.90. The van der Waals surface area contributed by atoms with Crippen molar-refractivity contribution in [3.05, 3.63) is 18.5 Å². The van der Waals surface area contributed by atoms with Gasteiger partial charge in [0.25, 0.3) is 0 Å². The van der Waals surface area contributed by atoms with Gasteiger partial charge in [0.1, 0.15) is 0 Å². The number of hydrogen-bond acceptors (Lipinski definition) is 4. The zero-order valence-corrected chi connectivity index (χ0v) is 10.2. The SMILES string of the molecule is CC(Cn1cccn1)NS(=O)(=O)C(C)CO. The predicted molar refractivity (Wildman–Crippen MR) is 60.3 cm³/mol. The molecule has 7 heteroatoms. The number of aromatic nitrogens is 2. The van der Waals surface area contributed by atoms with Gasteiger partial charge in [-0.2, -0.15) is 5.10 Å². The first-order valence-corrected chi connectivity index (χ1v) is 6.59. The Labute approximate surface area is 95.3 Å². The summed E-state index contributed by atoms with van der Waals surface area (Å²) < 4.78 is 27.3. The van der Waals surface area contributed by atoms with Gasteiger partial charge in [-0.05, 0) is 19.9 Å². The summed E-state index contributed by atoms with van der Waals surface area (Å²) in [6.45, 7) is 3.29. The van der Waals surface area contributed by atoms with Crippen LogP contribution in [0.2, 0.25) is 0 Å². The Hall–Kier alpha value is -0.920. The summed E-state index contributed by atoms with van der Waals surface area (Å²) in [5.41, 5.74) is 0. The van der Waals surface area contributed by atoms with Gasteiger partial charge >= 0.3 is 0 Å². The van der Waals surface area contributed by atoms with Gasteiger partial charge in [-0.3, -0.25) is 4.68 Å². The third-order valence-electron chi connectivity index (χ3n) is 2.17. The molecule has 0 saturated carbocycles. The van der Waals surface area contributed by atoms with E-state index in [1.165, 1.54) is 6.92 Å². The molecule has 2 unspecified atom stereocenters. The van der Waals surface area contributed by atoms with Crippen LogP contribution in [0.3, 0.4) is 0 Å². The first-order valence-electron chi connectivity index (χ1n) is 5.05. The normalized spacial score (nSPS) is 15.9. The first-order chi connectivity index (χ1) is 7.45. The average Bonchev–Trinajstić information content (AvgIpc) is 2.67. The summed E-state index contributed by atoms with van der Waals surface area (Å²) in [5, 5.41) is 12.0. The van der Waals surface area contributed by atoms with E-state index in [1.807, 2.05) is 0 Å². The highest BCUT2D eigenvalue weighted by Crippen LogP contribution is 2.00. The van der Waals surface area contributed by atoms with E-state index in [9.17, 15) is 8.42 Å². The number of rotatable bonds is 6. The first kappa shape index (κ1) is 13.1. The van der Waals surface area contributed by atoms with Crippen molar-refractivity contribution in [3.8, 4) is 0 Å². The van der Waals surface area contributed by atoms with E-state index >= 15 is 0 Å². The Balaban J connectivity index is 2.54. The van der Waals surface area contributed by atoms with Crippen molar-refractivity contribution in [2.45, 2.75) is 31.7 Å². The minimum Gasteiger partial charge on any atom is -0.395 e. The van der Waals surface area contributed by atoms with Crippen molar-refractivity contribution in [3.63, 3.8) is 0 Å². The van der Waals surface area contributed by atoms with Crippen molar-refractivity contribution < 1.29 is 13.5 Å². The molecule has 16 heavy (non-hydrogen) atoms. The number of nitrogens with zero attached hydrogens (tertiary/aromatic N) is 2. The third kappa shape index (κ3) is 3.58. The van der Waals surface area contributed by atoms with E-state index in [0.717, 1.165) is 0 Å². The molecule has 2 N–H and O–H groups in total. The Bertz CT molecular complexity index is 402. The van der Waals surface area contributed by atoms with Crippen LogP contribution in [0.1, 0.15) is 13.8 Å². The minimum atomic E-state index is -3.45. The van der Waals surface area contributed by atoms with Crippen molar-refractivity contribution in [1.82, 2.24) is 14.5 Å². The molecule has 1 aromatic heterocycles. The molecule has 0 amide bonds. The molecule has 0 spiro atoms. The van der Waals surface area contributed by atoms with Gasteiger partial charge in [-0.25, -0.2) is 13.1 Å². The largest absolute Gasteiger partial charge is 0.395 e. The summed E-state index contributed by atoms with van der Waals surface area (Å²) in [6, 6.07) is 1.51. The van der Waals surface area contributed by atoms with Gasteiger partial charge in [0, 0.05) is 18.4 Å². The lowest BCUT2D eigenvalue weighted by atomic mass is 10.4. The minimum absolute atomic E-state index is 0.265. The fourth-order valence-corrected chi connectivity index (χ4v) is 2.28. The van der Waals surface area contributed by atoms with Crippen LogP contribution in [0.25, 0.3) is 0 Å². The van der Waals surface area contributed by atoms with E-state index in [1.54, 1.807) is 30.1 Å². The van der Waals surface area contributed by atoms with E-state index in [4.69, 9.17) is 5.11 Å². The fraction of sp³-hybridized carbons (Fsp3) is 0.667. The lowest BCUT2D eigenvalue weighted by Crippen LogP contribution is -2.41. The molecule has 1 rings (SSSR count). The quantitative estimate of drug-likeness (QED) is 0.714. The highest BCUT2D eigenvalue weighted by atomic mass is 32.2. The Morgan fingerprint density at radius 1 is 1.50 bits per heavy atom. The topological polar surface area (TPSA) is 84.2 Å². The smallest absolute Gasteiger partial charge is 0.216 e. The van der Waals surface area contributed by atoms with Crippen LogP contribution >= 0.6 is 0 Å². The third-order valence-corrected chi connectivity index (χ3v) is 4.11.